The first-order chi connectivity index (χ1) is 12.5. The average Bonchev–Trinajstić information content (AvgIpc) is 2.63. The van der Waals surface area contributed by atoms with Crippen molar-refractivity contribution in [2.24, 2.45) is 0 Å². The predicted octanol–water partition coefficient (Wildman–Crippen LogP) is 6.13. The monoisotopic (exact) mass is 344 g/mol. The summed E-state index contributed by atoms with van der Waals surface area (Å²) in [6, 6.07) is 23.1. The van der Waals surface area contributed by atoms with Crippen LogP contribution in [0.15, 0.2) is 66.7 Å². The van der Waals surface area contributed by atoms with Crippen LogP contribution in [0.5, 0.6) is 11.5 Å². The van der Waals surface area contributed by atoms with Crippen molar-refractivity contribution >= 4 is 0 Å². The number of benzene rings is 3. The second-order valence-corrected chi connectivity index (χ2v) is 7.32. The summed E-state index contributed by atoms with van der Waals surface area (Å²) in [6.45, 7) is 8.39. The van der Waals surface area contributed by atoms with E-state index in [4.69, 9.17) is 9.47 Å². The van der Waals surface area contributed by atoms with Gasteiger partial charge in [0.1, 0.15) is 11.5 Å². The second-order valence-electron chi connectivity index (χ2n) is 7.32. The highest BCUT2D eigenvalue weighted by atomic mass is 16.5. The Hall–Kier alpha value is -2.58. The van der Waals surface area contributed by atoms with Gasteiger partial charge in [-0.25, -0.2) is 0 Å². The summed E-state index contributed by atoms with van der Waals surface area (Å²) in [4.78, 5) is 0. The van der Waals surface area contributed by atoms with E-state index >= 15 is 0 Å². The maximum atomic E-state index is 6.75. The van der Waals surface area contributed by atoms with Gasteiger partial charge in [0.25, 0.3) is 0 Å². The van der Waals surface area contributed by atoms with Crippen LogP contribution in [-0.4, -0.2) is 6.10 Å². The Morgan fingerprint density at radius 3 is 1.81 bits per heavy atom. The highest BCUT2D eigenvalue weighted by Crippen LogP contribution is 2.53. The molecule has 0 spiro atoms. The lowest BCUT2D eigenvalue weighted by Crippen LogP contribution is -2.38. The molecule has 0 fully saturated rings. The minimum atomic E-state index is -0.684. The van der Waals surface area contributed by atoms with Gasteiger partial charge >= 0.3 is 0 Å². The molecule has 0 amide bonds. The van der Waals surface area contributed by atoms with Crippen molar-refractivity contribution in [2.75, 3.05) is 0 Å². The van der Waals surface area contributed by atoms with Crippen LogP contribution in [0.4, 0.5) is 0 Å². The van der Waals surface area contributed by atoms with Crippen LogP contribution >= 0.6 is 0 Å². The molecule has 0 aliphatic carbocycles. The number of fused-ring (bicyclic) bond motifs is 2. The molecule has 1 aliphatic heterocycles. The second kappa shape index (κ2) is 6.30. The third kappa shape index (κ3) is 2.62. The van der Waals surface area contributed by atoms with Gasteiger partial charge in [-0.05, 0) is 57.5 Å². The molecule has 3 aromatic carbocycles. The van der Waals surface area contributed by atoms with E-state index < -0.39 is 5.60 Å². The Balaban J connectivity index is 2.11. The summed E-state index contributed by atoms with van der Waals surface area (Å²) >= 11 is 0. The fraction of sp³-hybridized carbons (Fsp3) is 0.250. The first kappa shape index (κ1) is 16.9. The summed E-state index contributed by atoms with van der Waals surface area (Å²) < 4.78 is 13.0. The maximum absolute atomic E-state index is 6.75. The van der Waals surface area contributed by atoms with Crippen LogP contribution in [0.25, 0.3) is 0 Å². The Kier molecular flexibility index (Phi) is 4.08. The molecular weight excluding hydrogens is 320 g/mol. The molecule has 3 aromatic rings. The number of ether oxygens (including phenoxy) is 2. The molecule has 0 saturated carbocycles. The van der Waals surface area contributed by atoms with Crippen molar-refractivity contribution in [3.63, 3.8) is 0 Å². The topological polar surface area (TPSA) is 18.5 Å². The summed E-state index contributed by atoms with van der Waals surface area (Å²) in [7, 11) is 0. The zero-order chi connectivity index (χ0) is 18.3. The Morgan fingerprint density at radius 2 is 1.31 bits per heavy atom. The molecule has 0 N–H and O–H groups in total. The highest BCUT2D eigenvalue weighted by molar-refractivity contribution is 5.62. The summed E-state index contributed by atoms with van der Waals surface area (Å²) in [5.74, 6) is 1.72. The summed E-state index contributed by atoms with van der Waals surface area (Å²) in [5.41, 5.74) is 4.95. The van der Waals surface area contributed by atoms with Crippen LogP contribution in [-0.2, 0) is 10.3 Å². The van der Waals surface area contributed by atoms with E-state index in [2.05, 4.69) is 88.4 Å². The van der Waals surface area contributed by atoms with Crippen molar-refractivity contribution in [2.45, 2.75) is 39.4 Å². The van der Waals surface area contributed by atoms with E-state index in [-0.39, 0.29) is 6.10 Å². The van der Waals surface area contributed by atoms with Gasteiger partial charge in [0.05, 0.1) is 6.10 Å². The van der Waals surface area contributed by atoms with Gasteiger partial charge in [-0.1, -0.05) is 53.6 Å². The molecule has 4 rings (SSSR count). The molecule has 0 radical (unpaired) electrons. The molecule has 2 nitrogen and oxygen atoms in total. The van der Waals surface area contributed by atoms with Crippen molar-refractivity contribution in [1.29, 1.82) is 0 Å². The Labute approximate surface area is 155 Å². The van der Waals surface area contributed by atoms with Gasteiger partial charge in [-0.15, -0.1) is 0 Å². The van der Waals surface area contributed by atoms with E-state index in [0.717, 1.165) is 28.2 Å². The number of hydrogen-bond donors (Lipinski definition) is 0. The fourth-order valence-electron chi connectivity index (χ4n) is 3.81. The molecule has 0 atom stereocenters. The largest absolute Gasteiger partial charge is 0.457 e. The quantitative estimate of drug-likeness (QED) is 0.569. The molecule has 26 heavy (non-hydrogen) atoms. The van der Waals surface area contributed by atoms with E-state index in [1.807, 2.05) is 6.07 Å². The number of rotatable bonds is 3. The third-order valence-corrected chi connectivity index (χ3v) is 4.84. The summed E-state index contributed by atoms with van der Waals surface area (Å²) in [6.07, 6.45) is 0.0510. The minimum absolute atomic E-state index is 0.0510. The smallest absolute Gasteiger partial charge is 0.151 e. The normalized spacial score (nSPS) is 14.5. The molecular formula is C24H24O2. The summed E-state index contributed by atoms with van der Waals surface area (Å²) in [5, 5.41) is 0. The lowest BCUT2D eigenvalue weighted by Gasteiger charge is -2.42. The lowest BCUT2D eigenvalue weighted by atomic mass is 9.76. The molecule has 2 heteroatoms. The zero-order valence-corrected chi connectivity index (χ0v) is 15.7. The van der Waals surface area contributed by atoms with Crippen molar-refractivity contribution in [3.8, 4) is 11.5 Å². The van der Waals surface area contributed by atoms with Crippen LogP contribution in [0, 0.1) is 13.8 Å². The van der Waals surface area contributed by atoms with Gasteiger partial charge < -0.3 is 9.47 Å². The van der Waals surface area contributed by atoms with Crippen LogP contribution in [0.3, 0.4) is 0 Å². The van der Waals surface area contributed by atoms with E-state index in [9.17, 15) is 0 Å². The molecule has 0 unspecified atom stereocenters. The molecule has 1 aliphatic rings. The predicted molar refractivity (Wildman–Crippen MR) is 105 cm³/mol. The molecule has 0 saturated heterocycles. The zero-order valence-electron chi connectivity index (χ0n) is 15.7. The van der Waals surface area contributed by atoms with Crippen LogP contribution in [0.2, 0.25) is 0 Å². The first-order valence-corrected chi connectivity index (χ1v) is 9.14. The lowest BCUT2D eigenvalue weighted by molar-refractivity contribution is -0.0344. The first-order valence-electron chi connectivity index (χ1n) is 9.14. The van der Waals surface area contributed by atoms with Gasteiger partial charge in [-0.2, -0.15) is 0 Å². The Morgan fingerprint density at radius 1 is 0.769 bits per heavy atom. The molecule has 132 valence electrons. The van der Waals surface area contributed by atoms with Gasteiger partial charge in [0.15, 0.2) is 5.60 Å². The van der Waals surface area contributed by atoms with Gasteiger partial charge in [-0.3, -0.25) is 0 Å². The minimum Gasteiger partial charge on any atom is -0.457 e. The standard InChI is InChI=1S/C24H24O2/c1-16(2)26-24(19-8-6-5-7-9-19)20-14-17(3)10-12-22(20)25-23-13-11-18(4)15-21(23)24/h5-16H,1-4H3. The van der Waals surface area contributed by atoms with Crippen LogP contribution in [0.1, 0.15) is 41.7 Å². The third-order valence-electron chi connectivity index (χ3n) is 4.84. The van der Waals surface area contributed by atoms with E-state index in [1.54, 1.807) is 0 Å². The van der Waals surface area contributed by atoms with Gasteiger partial charge in [0.2, 0.25) is 0 Å². The van der Waals surface area contributed by atoms with Crippen molar-refractivity contribution in [3.05, 3.63) is 94.5 Å². The molecule has 1 heterocycles. The van der Waals surface area contributed by atoms with E-state index in [1.165, 1.54) is 11.1 Å². The number of hydrogen-bond acceptors (Lipinski definition) is 2. The maximum Gasteiger partial charge on any atom is 0.151 e. The SMILES string of the molecule is Cc1ccc2c(c1)C(OC(C)C)(c1ccccc1)c1cc(C)ccc1O2. The van der Waals surface area contributed by atoms with E-state index in [0.29, 0.717) is 0 Å². The molecule has 0 bridgehead atoms. The van der Waals surface area contributed by atoms with Crippen molar-refractivity contribution in [1.82, 2.24) is 0 Å². The van der Waals surface area contributed by atoms with Crippen LogP contribution < -0.4 is 4.74 Å². The average molecular weight is 344 g/mol. The van der Waals surface area contributed by atoms with Crippen molar-refractivity contribution < 1.29 is 9.47 Å². The van der Waals surface area contributed by atoms with Gasteiger partial charge in [0, 0.05) is 11.1 Å². The Bertz CT molecular complexity index is 890. The fourth-order valence-corrected chi connectivity index (χ4v) is 3.81. The highest BCUT2D eigenvalue weighted by Gasteiger charge is 2.45. The molecule has 0 aromatic heterocycles. The number of aryl methyl sites for hydroxylation is 2.